The summed E-state index contributed by atoms with van der Waals surface area (Å²) in [6, 6.07) is 29.3. The summed E-state index contributed by atoms with van der Waals surface area (Å²) < 4.78 is 3.95. The van der Waals surface area contributed by atoms with E-state index in [-0.39, 0.29) is 0 Å². The number of allylic oxidation sites excluding steroid dienone is 4. The monoisotopic (exact) mass is 424 g/mol. The van der Waals surface area contributed by atoms with Gasteiger partial charge in [-0.1, -0.05) is 0 Å². The van der Waals surface area contributed by atoms with E-state index in [1.165, 1.54) is 16.7 Å². The van der Waals surface area contributed by atoms with Crippen LogP contribution in [-0.2, 0) is 21.3 Å². The van der Waals surface area contributed by atoms with Crippen LogP contribution in [0.25, 0.3) is 11.1 Å². The Kier molecular flexibility index (Phi) is 4.50. The molecule has 0 atom stereocenters. The van der Waals surface area contributed by atoms with Gasteiger partial charge in [-0.25, -0.2) is 0 Å². The number of rotatable bonds is 3. The maximum atomic E-state index is 2.42. The second-order valence-corrected chi connectivity index (χ2v) is 14.2. The molecule has 3 aromatic carbocycles. The standard InChI is InChI=1S/C13H9.C8H8.C5H5.Zr/c1-3-7-12-10(5-1)9-11-6-2-4-8-13(11)12;1-2-8-6-4-3-5-7-8;1-2-4-5-3-1;/h1-9H;3-7H,1H3;1-3H,4H2;. The molecule has 0 aromatic heterocycles. The summed E-state index contributed by atoms with van der Waals surface area (Å²) in [7, 11) is 0. The minimum absolute atomic E-state index is 0.575. The van der Waals surface area contributed by atoms with Gasteiger partial charge in [0.2, 0.25) is 0 Å². The van der Waals surface area contributed by atoms with Gasteiger partial charge in [0.1, 0.15) is 0 Å². The molecule has 1 heteroatoms. The van der Waals surface area contributed by atoms with Crippen molar-refractivity contribution in [2.75, 3.05) is 0 Å². The van der Waals surface area contributed by atoms with Crippen molar-refractivity contribution < 1.29 is 21.3 Å². The van der Waals surface area contributed by atoms with Crippen LogP contribution in [0.5, 0.6) is 0 Å². The molecule has 0 spiro atoms. The first kappa shape index (κ1) is 17.0. The van der Waals surface area contributed by atoms with Crippen LogP contribution in [0.3, 0.4) is 0 Å². The zero-order valence-corrected chi connectivity index (χ0v) is 18.0. The zero-order chi connectivity index (χ0) is 18.2. The fourth-order valence-electron chi connectivity index (χ4n) is 4.60. The third kappa shape index (κ3) is 2.90. The summed E-state index contributed by atoms with van der Waals surface area (Å²) in [6.45, 7) is 2.41. The van der Waals surface area contributed by atoms with Crippen LogP contribution in [0.2, 0.25) is 0 Å². The summed E-state index contributed by atoms with van der Waals surface area (Å²) in [5.41, 5.74) is 7.43. The molecule has 2 aliphatic rings. The predicted octanol–water partition coefficient (Wildman–Crippen LogP) is 6.46. The Morgan fingerprint density at radius 2 is 1.37 bits per heavy atom. The molecule has 130 valence electrons. The molecule has 0 heterocycles. The van der Waals surface area contributed by atoms with E-state index in [1.54, 1.807) is 17.6 Å². The Labute approximate surface area is 169 Å². The van der Waals surface area contributed by atoms with Crippen molar-refractivity contribution in [2.45, 2.75) is 17.0 Å². The molecule has 0 unspecified atom stereocenters. The van der Waals surface area contributed by atoms with Gasteiger partial charge < -0.3 is 0 Å². The molecule has 5 rings (SSSR count). The Morgan fingerprint density at radius 3 is 1.96 bits per heavy atom. The zero-order valence-electron chi connectivity index (χ0n) is 15.5. The third-order valence-corrected chi connectivity index (χ3v) is 14.1. The van der Waals surface area contributed by atoms with Crippen molar-refractivity contribution >= 4 is 3.21 Å². The fourth-order valence-corrected chi connectivity index (χ4v) is 13.2. The number of fused-ring (bicyclic) bond motifs is 3. The molecule has 0 saturated carbocycles. The first-order chi connectivity index (χ1) is 13.3. The molecule has 0 nitrogen and oxygen atoms in total. The van der Waals surface area contributed by atoms with E-state index in [0.717, 1.165) is 6.42 Å². The quantitative estimate of drug-likeness (QED) is 0.452. The van der Waals surface area contributed by atoms with E-state index in [9.17, 15) is 0 Å². The van der Waals surface area contributed by atoms with Gasteiger partial charge in [0.25, 0.3) is 0 Å². The summed E-state index contributed by atoms with van der Waals surface area (Å²) in [5, 5.41) is 0. The van der Waals surface area contributed by atoms with Gasteiger partial charge in [0, 0.05) is 0 Å². The van der Waals surface area contributed by atoms with Crippen LogP contribution < -0.4 is 0 Å². The molecule has 0 fully saturated rings. The Balaban J connectivity index is 1.79. The first-order valence-corrected chi connectivity index (χ1v) is 13.5. The Hall–Kier alpha value is -2.11. The number of hydrogen-bond acceptors (Lipinski definition) is 0. The van der Waals surface area contributed by atoms with Crippen LogP contribution in [-0.4, -0.2) is 3.21 Å². The van der Waals surface area contributed by atoms with Crippen LogP contribution in [0.15, 0.2) is 100 Å². The Morgan fingerprint density at radius 1 is 0.778 bits per heavy atom. The first-order valence-electron chi connectivity index (χ1n) is 9.65. The normalized spacial score (nSPS) is 16.0. The van der Waals surface area contributed by atoms with E-state index in [4.69, 9.17) is 0 Å². The molecular weight excluding hydrogens is 404 g/mol. The third-order valence-electron chi connectivity index (χ3n) is 5.85. The summed E-state index contributed by atoms with van der Waals surface area (Å²) in [4.78, 5) is 0. The summed E-state index contributed by atoms with van der Waals surface area (Å²) >= 11 is -2.17. The van der Waals surface area contributed by atoms with Crippen LogP contribution in [0, 0.1) is 0 Å². The SMILES string of the molecule is C/[C](c1ccccc1)=[Zr](\[C]1=CC=CC1)[CH]1c2ccccc2-c2ccccc21. The van der Waals surface area contributed by atoms with Crippen LogP contribution in [0.4, 0.5) is 0 Å². The van der Waals surface area contributed by atoms with Gasteiger partial charge in [-0.05, 0) is 0 Å². The number of benzene rings is 3. The van der Waals surface area contributed by atoms with Gasteiger partial charge in [-0.3, -0.25) is 0 Å². The summed E-state index contributed by atoms with van der Waals surface area (Å²) in [5.74, 6) is 0. The van der Waals surface area contributed by atoms with Crippen LogP contribution >= 0.6 is 0 Å². The topological polar surface area (TPSA) is 0 Å². The van der Waals surface area contributed by atoms with Gasteiger partial charge >= 0.3 is 170 Å². The predicted molar refractivity (Wildman–Crippen MR) is 112 cm³/mol. The molecule has 2 aliphatic carbocycles. The second kappa shape index (κ2) is 7.14. The van der Waals surface area contributed by atoms with E-state index < -0.39 is 21.3 Å². The van der Waals surface area contributed by atoms with Gasteiger partial charge in [0.05, 0.1) is 0 Å². The van der Waals surface area contributed by atoms with Crippen molar-refractivity contribution in [1.29, 1.82) is 0 Å². The van der Waals surface area contributed by atoms with Crippen molar-refractivity contribution in [1.82, 2.24) is 0 Å². The Bertz CT molecular complexity index is 1050. The molecule has 0 radical (unpaired) electrons. The average molecular weight is 426 g/mol. The second-order valence-electron chi connectivity index (χ2n) is 7.34. The number of hydrogen-bond donors (Lipinski definition) is 0. The maximum absolute atomic E-state index is 2.42. The van der Waals surface area contributed by atoms with Crippen molar-refractivity contribution in [3.05, 3.63) is 117 Å². The van der Waals surface area contributed by atoms with E-state index in [0.29, 0.717) is 3.63 Å². The summed E-state index contributed by atoms with van der Waals surface area (Å²) in [6.07, 6.45) is 8.16. The molecule has 0 saturated heterocycles. The van der Waals surface area contributed by atoms with Crippen LogP contribution in [0.1, 0.15) is 33.7 Å². The molecule has 3 aromatic rings. The van der Waals surface area contributed by atoms with E-state index >= 15 is 0 Å². The molecule has 27 heavy (non-hydrogen) atoms. The molecule has 0 N–H and O–H groups in total. The van der Waals surface area contributed by atoms with Gasteiger partial charge in [-0.15, -0.1) is 0 Å². The fraction of sp³-hybridized carbons (Fsp3) is 0.115. The van der Waals surface area contributed by atoms with Crippen molar-refractivity contribution in [3.63, 3.8) is 0 Å². The van der Waals surface area contributed by atoms with E-state index in [1.807, 2.05) is 0 Å². The molecular formula is C26H22Zr. The van der Waals surface area contributed by atoms with Gasteiger partial charge in [0.15, 0.2) is 0 Å². The minimum atomic E-state index is -2.17. The molecule has 0 bridgehead atoms. The van der Waals surface area contributed by atoms with Gasteiger partial charge in [-0.2, -0.15) is 0 Å². The van der Waals surface area contributed by atoms with Crippen molar-refractivity contribution in [3.8, 4) is 11.1 Å². The molecule has 0 aliphatic heterocycles. The van der Waals surface area contributed by atoms with Crippen molar-refractivity contribution in [2.24, 2.45) is 0 Å². The van der Waals surface area contributed by atoms with E-state index in [2.05, 4.69) is 104 Å². The average Bonchev–Trinajstić information content (AvgIpc) is 3.37. The molecule has 0 amide bonds.